The first-order valence-electron chi connectivity index (χ1n) is 7.45. The first-order chi connectivity index (χ1) is 10.7. The Morgan fingerprint density at radius 2 is 2.05 bits per heavy atom. The quantitative estimate of drug-likeness (QED) is 0.446. The maximum absolute atomic E-state index is 5.33. The highest BCUT2D eigenvalue weighted by atomic mass is 32.1. The Hall–Kier alpha value is -2.01. The molecule has 0 amide bonds. The minimum absolute atomic E-state index is 0.634. The van der Waals surface area contributed by atoms with Gasteiger partial charge >= 0.3 is 0 Å². The summed E-state index contributed by atoms with van der Waals surface area (Å²) in [5.41, 5.74) is 1.05. The topological polar surface area (TPSA) is 49.6 Å². The summed E-state index contributed by atoms with van der Waals surface area (Å²) in [4.78, 5) is 5.91. The third kappa shape index (κ3) is 6.18. The number of nitrogens with zero attached hydrogens (tertiary/aromatic N) is 1. The van der Waals surface area contributed by atoms with Crippen LogP contribution in [0.2, 0.25) is 0 Å². The second kappa shape index (κ2) is 9.10. The highest BCUT2D eigenvalue weighted by Crippen LogP contribution is 2.08. The molecular formula is C17H23N3OS. The van der Waals surface area contributed by atoms with Gasteiger partial charge in [0.25, 0.3) is 0 Å². The zero-order valence-electron chi connectivity index (χ0n) is 13.0. The van der Waals surface area contributed by atoms with Gasteiger partial charge in [-0.2, -0.15) is 0 Å². The molecule has 0 aliphatic carbocycles. The number of aliphatic imine (C=N–C) groups is 1. The molecule has 5 heteroatoms. The van der Waals surface area contributed by atoms with Crippen LogP contribution in [0.4, 0.5) is 0 Å². The molecule has 118 valence electrons. The van der Waals surface area contributed by atoms with Gasteiger partial charge in [-0.15, -0.1) is 11.3 Å². The standard InChI is InChI=1S/C17H23N3OS/c1-14(2)13-20-17(18-9-7-15-5-3-11-21-15)19-10-8-16-6-4-12-22-16/h3-6,11-12H,1,7-10,13H2,2H3,(H2,18,19,20). The summed E-state index contributed by atoms with van der Waals surface area (Å²) in [5.74, 6) is 1.80. The van der Waals surface area contributed by atoms with Gasteiger partial charge < -0.3 is 15.1 Å². The molecule has 0 fully saturated rings. The van der Waals surface area contributed by atoms with Crippen molar-refractivity contribution in [2.75, 3.05) is 19.6 Å². The van der Waals surface area contributed by atoms with Crippen LogP contribution in [0.1, 0.15) is 17.6 Å². The lowest BCUT2D eigenvalue weighted by Crippen LogP contribution is -2.39. The van der Waals surface area contributed by atoms with Gasteiger partial charge in [0.05, 0.1) is 12.8 Å². The highest BCUT2D eigenvalue weighted by molar-refractivity contribution is 7.09. The Morgan fingerprint density at radius 1 is 1.23 bits per heavy atom. The summed E-state index contributed by atoms with van der Waals surface area (Å²) in [6.45, 7) is 8.16. The predicted molar refractivity (Wildman–Crippen MR) is 93.6 cm³/mol. The third-order valence-electron chi connectivity index (χ3n) is 2.99. The monoisotopic (exact) mass is 317 g/mol. The van der Waals surface area contributed by atoms with E-state index in [-0.39, 0.29) is 0 Å². The van der Waals surface area contributed by atoms with E-state index < -0.39 is 0 Å². The Bertz CT molecular complexity index is 531. The fraction of sp³-hybridized carbons (Fsp3) is 0.353. The van der Waals surface area contributed by atoms with Crippen molar-refractivity contribution in [3.05, 3.63) is 58.7 Å². The summed E-state index contributed by atoms with van der Waals surface area (Å²) in [6, 6.07) is 8.13. The molecule has 0 aromatic carbocycles. The largest absolute Gasteiger partial charge is 0.469 e. The van der Waals surface area contributed by atoms with Crippen LogP contribution in [0.3, 0.4) is 0 Å². The van der Waals surface area contributed by atoms with Crippen LogP contribution in [0.5, 0.6) is 0 Å². The van der Waals surface area contributed by atoms with Crippen LogP contribution >= 0.6 is 11.3 Å². The van der Waals surface area contributed by atoms with Gasteiger partial charge in [-0.25, -0.2) is 4.99 Å². The van der Waals surface area contributed by atoms with Gasteiger partial charge in [-0.3, -0.25) is 0 Å². The number of rotatable bonds is 8. The molecule has 0 unspecified atom stereocenters. The van der Waals surface area contributed by atoms with Gasteiger partial charge in [-0.05, 0) is 36.9 Å². The average molecular weight is 317 g/mol. The predicted octanol–water partition coefficient (Wildman–Crippen LogP) is 3.24. The highest BCUT2D eigenvalue weighted by Gasteiger charge is 2.01. The minimum atomic E-state index is 0.634. The van der Waals surface area contributed by atoms with Crippen molar-refractivity contribution in [1.29, 1.82) is 0 Å². The van der Waals surface area contributed by atoms with E-state index in [2.05, 4.69) is 39.7 Å². The van der Waals surface area contributed by atoms with Crippen LogP contribution in [-0.2, 0) is 12.8 Å². The van der Waals surface area contributed by atoms with E-state index in [1.54, 1.807) is 17.6 Å². The number of guanidine groups is 1. The molecule has 0 saturated carbocycles. The van der Waals surface area contributed by atoms with Gasteiger partial charge in [0.15, 0.2) is 5.96 Å². The molecule has 4 nitrogen and oxygen atoms in total. The molecule has 0 spiro atoms. The maximum atomic E-state index is 5.33. The van der Waals surface area contributed by atoms with E-state index in [0.717, 1.165) is 43.2 Å². The molecule has 0 aliphatic rings. The molecule has 2 rings (SSSR count). The zero-order valence-corrected chi connectivity index (χ0v) is 13.8. The van der Waals surface area contributed by atoms with E-state index in [9.17, 15) is 0 Å². The van der Waals surface area contributed by atoms with Gasteiger partial charge in [0, 0.05) is 24.4 Å². The lowest BCUT2D eigenvalue weighted by atomic mass is 10.3. The Morgan fingerprint density at radius 3 is 2.68 bits per heavy atom. The molecule has 2 aromatic rings. The van der Waals surface area contributed by atoms with Crippen LogP contribution in [0.15, 0.2) is 57.5 Å². The second-order valence-corrected chi connectivity index (χ2v) is 6.17. The lowest BCUT2D eigenvalue weighted by molar-refractivity contribution is 0.507. The Labute approximate surface area is 136 Å². The maximum Gasteiger partial charge on any atom is 0.191 e. The van der Waals surface area contributed by atoms with Crippen LogP contribution < -0.4 is 10.6 Å². The number of thiophene rings is 1. The van der Waals surface area contributed by atoms with Crippen molar-refractivity contribution in [3.63, 3.8) is 0 Å². The van der Waals surface area contributed by atoms with Crippen molar-refractivity contribution in [3.8, 4) is 0 Å². The van der Waals surface area contributed by atoms with Crippen LogP contribution in [0, 0.1) is 0 Å². The SMILES string of the molecule is C=C(C)CN=C(NCCc1ccco1)NCCc1cccs1. The van der Waals surface area contributed by atoms with E-state index >= 15 is 0 Å². The molecule has 0 saturated heterocycles. The number of furan rings is 1. The fourth-order valence-corrected chi connectivity index (χ4v) is 2.62. The molecule has 2 aromatic heterocycles. The Kier molecular flexibility index (Phi) is 6.77. The number of hydrogen-bond acceptors (Lipinski definition) is 3. The zero-order chi connectivity index (χ0) is 15.6. The molecule has 0 radical (unpaired) electrons. The normalized spacial score (nSPS) is 11.4. The Balaban J connectivity index is 1.77. The van der Waals surface area contributed by atoms with Gasteiger partial charge in [0.2, 0.25) is 0 Å². The summed E-state index contributed by atoms with van der Waals surface area (Å²) >= 11 is 1.78. The molecular weight excluding hydrogens is 294 g/mol. The van der Waals surface area contributed by atoms with Crippen molar-refractivity contribution < 1.29 is 4.42 Å². The van der Waals surface area contributed by atoms with Gasteiger partial charge in [0.1, 0.15) is 5.76 Å². The first kappa shape index (κ1) is 16.4. The average Bonchev–Trinajstić information content (AvgIpc) is 3.17. The van der Waals surface area contributed by atoms with Crippen molar-refractivity contribution >= 4 is 17.3 Å². The fourth-order valence-electron chi connectivity index (χ4n) is 1.91. The summed E-state index contributed by atoms with van der Waals surface area (Å²) in [5, 5.41) is 8.81. The van der Waals surface area contributed by atoms with E-state index in [1.807, 2.05) is 19.1 Å². The van der Waals surface area contributed by atoms with Crippen LogP contribution in [0.25, 0.3) is 0 Å². The van der Waals surface area contributed by atoms with E-state index in [1.165, 1.54) is 4.88 Å². The minimum Gasteiger partial charge on any atom is -0.469 e. The number of hydrogen-bond donors (Lipinski definition) is 2. The van der Waals surface area contributed by atoms with Crippen molar-refractivity contribution in [1.82, 2.24) is 10.6 Å². The van der Waals surface area contributed by atoms with E-state index in [4.69, 9.17) is 4.42 Å². The molecule has 0 aliphatic heterocycles. The molecule has 0 bridgehead atoms. The smallest absolute Gasteiger partial charge is 0.191 e. The van der Waals surface area contributed by atoms with Crippen molar-refractivity contribution in [2.45, 2.75) is 19.8 Å². The van der Waals surface area contributed by atoms with Crippen molar-refractivity contribution in [2.24, 2.45) is 4.99 Å². The molecule has 2 N–H and O–H groups in total. The van der Waals surface area contributed by atoms with Gasteiger partial charge in [-0.1, -0.05) is 18.2 Å². The summed E-state index contributed by atoms with van der Waals surface area (Å²) in [6.07, 6.45) is 3.54. The third-order valence-corrected chi connectivity index (χ3v) is 3.93. The summed E-state index contributed by atoms with van der Waals surface area (Å²) < 4.78 is 5.33. The first-order valence-corrected chi connectivity index (χ1v) is 8.33. The van der Waals surface area contributed by atoms with E-state index in [0.29, 0.717) is 6.54 Å². The second-order valence-electron chi connectivity index (χ2n) is 5.13. The molecule has 22 heavy (non-hydrogen) atoms. The lowest BCUT2D eigenvalue weighted by Gasteiger charge is -2.12. The summed E-state index contributed by atoms with van der Waals surface area (Å²) in [7, 11) is 0. The van der Waals surface area contributed by atoms with Crippen LogP contribution in [-0.4, -0.2) is 25.6 Å². The molecule has 2 heterocycles. The number of nitrogens with one attached hydrogen (secondary N) is 2. The molecule has 0 atom stereocenters.